The molecule has 1 atom stereocenters. The SMILES string of the molecule is CCCC(N)c1noc(CCCOCC)n1. The van der Waals surface area contributed by atoms with Crippen LogP contribution in [0.2, 0.25) is 0 Å². The molecule has 2 N–H and O–H groups in total. The van der Waals surface area contributed by atoms with Crippen LogP contribution < -0.4 is 5.73 Å². The van der Waals surface area contributed by atoms with Crippen LogP contribution in [0.5, 0.6) is 0 Å². The zero-order chi connectivity index (χ0) is 11.8. The summed E-state index contributed by atoms with van der Waals surface area (Å²) in [5.74, 6) is 1.27. The minimum Gasteiger partial charge on any atom is -0.382 e. The van der Waals surface area contributed by atoms with Gasteiger partial charge in [-0.15, -0.1) is 0 Å². The molecule has 0 saturated carbocycles. The van der Waals surface area contributed by atoms with Gasteiger partial charge >= 0.3 is 0 Å². The van der Waals surface area contributed by atoms with Crippen LogP contribution in [0.15, 0.2) is 4.52 Å². The zero-order valence-corrected chi connectivity index (χ0v) is 10.1. The van der Waals surface area contributed by atoms with Crippen molar-refractivity contribution in [3.05, 3.63) is 11.7 Å². The number of aromatic nitrogens is 2. The number of aryl methyl sites for hydroxylation is 1. The average molecular weight is 227 g/mol. The molecule has 5 heteroatoms. The third-order valence-corrected chi connectivity index (χ3v) is 2.30. The molecule has 1 aromatic heterocycles. The van der Waals surface area contributed by atoms with Crippen LogP contribution in [0.4, 0.5) is 0 Å². The van der Waals surface area contributed by atoms with E-state index in [0.717, 1.165) is 38.9 Å². The largest absolute Gasteiger partial charge is 0.382 e. The summed E-state index contributed by atoms with van der Waals surface area (Å²) in [5.41, 5.74) is 5.89. The summed E-state index contributed by atoms with van der Waals surface area (Å²) in [6.45, 7) is 5.54. The first-order valence-corrected chi connectivity index (χ1v) is 5.93. The van der Waals surface area contributed by atoms with Gasteiger partial charge in [0.25, 0.3) is 0 Å². The van der Waals surface area contributed by atoms with E-state index in [2.05, 4.69) is 17.1 Å². The maximum atomic E-state index is 5.89. The van der Waals surface area contributed by atoms with E-state index in [1.807, 2.05) is 6.92 Å². The van der Waals surface area contributed by atoms with Crippen molar-refractivity contribution in [1.82, 2.24) is 10.1 Å². The monoisotopic (exact) mass is 227 g/mol. The quantitative estimate of drug-likeness (QED) is 0.686. The average Bonchev–Trinajstić information content (AvgIpc) is 2.73. The van der Waals surface area contributed by atoms with E-state index >= 15 is 0 Å². The molecule has 0 aromatic carbocycles. The topological polar surface area (TPSA) is 74.2 Å². The van der Waals surface area contributed by atoms with Gasteiger partial charge in [0.1, 0.15) is 0 Å². The van der Waals surface area contributed by atoms with Gasteiger partial charge < -0.3 is 15.0 Å². The fourth-order valence-corrected chi connectivity index (χ4v) is 1.43. The molecule has 5 nitrogen and oxygen atoms in total. The molecule has 0 aliphatic rings. The molecule has 0 fully saturated rings. The van der Waals surface area contributed by atoms with Crippen LogP contribution in [0.1, 0.15) is 50.9 Å². The first-order valence-electron chi connectivity index (χ1n) is 5.93. The predicted molar refractivity (Wildman–Crippen MR) is 60.9 cm³/mol. The molecule has 1 heterocycles. The molecule has 0 aliphatic heterocycles. The van der Waals surface area contributed by atoms with Gasteiger partial charge in [-0.3, -0.25) is 0 Å². The minimum absolute atomic E-state index is 0.102. The molecular formula is C11H21N3O2. The normalized spacial score (nSPS) is 12.9. The van der Waals surface area contributed by atoms with E-state index in [4.69, 9.17) is 15.0 Å². The third-order valence-electron chi connectivity index (χ3n) is 2.30. The van der Waals surface area contributed by atoms with Gasteiger partial charge in [0.15, 0.2) is 5.82 Å². The number of rotatable bonds is 8. The van der Waals surface area contributed by atoms with Crippen molar-refractivity contribution in [1.29, 1.82) is 0 Å². The summed E-state index contributed by atoms with van der Waals surface area (Å²) in [5, 5.41) is 3.88. The van der Waals surface area contributed by atoms with Crippen LogP contribution in [0.25, 0.3) is 0 Å². The lowest BCUT2D eigenvalue weighted by Crippen LogP contribution is -2.11. The fourth-order valence-electron chi connectivity index (χ4n) is 1.43. The van der Waals surface area contributed by atoms with Gasteiger partial charge in [-0.25, -0.2) is 0 Å². The van der Waals surface area contributed by atoms with E-state index in [0.29, 0.717) is 11.7 Å². The van der Waals surface area contributed by atoms with Crippen LogP contribution >= 0.6 is 0 Å². The van der Waals surface area contributed by atoms with Crippen molar-refractivity contribution >= 4 is 0 Å². The van der Waals surface area contributed by atoms with Crippen LogP contribution in [0.3, 0.4) is 0 Å². The smallest absolute Gasteiger partial charge is 0.226 e. The first-order chi connectivity index (χ1) is 7.77. The molecule has 0 saturated heterocycles. The Labute approximate surface area is 96.4 Å². The highest BCUT2D eigenvalue weighted by atomic mass is 16.5. The van der Waals surface area contributed by atoms with Crippen LogP contribution in [0, 0.1) is 0 Å². The second-order valence-electron chi connectivity index (χ2n) is 3.74. The van der Waals surface area contributed by atoms with Crippen LogP contribution in [-0.4, -0.2) is 23.4 Å². The Morgan fingerprint density at radius 3 is 2.94 bits per heavy atom. The molecule has 0 bridgehead atoms. The van der Waals surface area contributed by atoms with E-state index in [1.54, 1.807) is 0 Å². The lowest BCUT2D eigenvalue weighted by atomic mass is 10.2. The van der Waals surface area contributed by atoms with Crippen LogP contribution in [-0.2, 0) is 11.2 Å². The Hall–Kier alpha value is -0.940. The molecule has 0 spiro atoms. The van der Waals surface area contributed by atoms with Crippen molar-refractivity contribution < 1.29 is 9.26 Å². The second-order valence-corrected chi connectivity index (χ2v) is 3.74. The third kappa shape index (κ3) is 4.28. The van der Waals surface area contributed by atoms with Gasteiger partial charge in [-0.05, 0) is 19.8 Å². The molecule has 1 aromatic rings. The lowest BCUT2D eigenvalue weighted by Gasteiger charge is -2.02. The first kappa shape index (κ1) is 13.1. The molecule has 0 aliphatic carbocycles. The Morgan fingerprint density at radius 1 is 1.44 bits per heavy atom. The molecule has 92 valence electrons. The summed E-state index contributed by atoms with van der Waals surface area (Å²) in [6, 6.07) is -0.102. The van der Waals surface area contributed by atoms with E-state index in [9.17, 15) is 0 Å². The number of hydrogen-bond acceptors (Lipinski definition) is 5. The summed E-state index contributed by atoms with van der Waals surface area (Å²) >= 11 is 0. The predicted octanol–water partition coefficient (Wildman–Crippen LogP) is 1.84. The number of nitrogens with zero attached hydrogens (tertiary/aromatic N) is 2. The van der Waals surface area contributed by atoms with Gasteiger partial charge in [-0.1, -0.05) is 18.5 Å². The molecule has 0 radical (unpaired) electrons. The molecule has 1 unspecified atom stereocenters. The highest BCUT2D eigenvalue weighted by Gasteiger charge is 2.12. The Morgan fingerprint density at radius 2 is 2.25 bits per heavy atom. The summed E-state index contributed by atoms with van der Waals surface area (Å²) in [6.07, 6.45) is 3.57. The summed E-state index contributed by atoms with van der Waals surface area (Å²) < 4.78 is 10.3. The van der Waals surface area contributed by atoms with Crippen molar-refractivity contribution in [3.8, 4) is 0 Å². The van der Waals surface area contributed by atoms with Gasteiger partial charge in [0, 0.05) is 19.6 Å². The fraction of sp³-hybridized carbons (Fsp3) is 0.818. The zero-order valence-electron chi connectivity index (χ0n) is 10.1. The standard InChI is InChI=1S/C11H21N3O2/c1-3-6-9(12)11-13-10(16-14-11)7-5-8-15-4-2/h9H,3-8,12H2,1-2H3. The van der Waals surface area contributed by atoms with E-state index in [1.165, 1.54) is 0 Å². The molecule has 16 heavy (non-hydrogen) atoms. The Bertz CT molecular complexity index is 289. The van der Waals surface area contributed by atoms with E-state index < -0.39 is 0 Å². The number of nitrogens with two attached hydrogens (primary N) is 1. The molecule has 0 amide bonds. The Balaban J connectivity index is 2.33. The molecule has 1 rings (SSSR count). The second kappa shape index (κ2) is 7.35. The van der Waals surface area contributed by atoms with Crippen molar-refractivity contribution in [2.45, 2.75) is 45.6 Å². The molecular weight excluding hydrogens is 206 g/mol. The van der Waals surface area contributed by atoms with Gasteiger partial charge in [0.2, 0.25) is 5.89 Å². The van der Waals surface area contributed by atoms with Crippen molar-refractivity contribution in [2.24, 2.45) is 5.73 Å². The van der Waals surface area contributed by atoms with E-state index in [-0.39, 0.29) is 6.04 Å². The van der Waals surface area contributed by atoms with Gasteiger partial charge in [-0.2, -0.15) is 4.98 Å². The summed E-state index contributed by atoms with van der Waals surface area (Å²) in [4.78, 5) is 4.27. The van der Waals surface area contributed by atoms with Crippen molar-refractivity contribution in [3.63, 3.8) is 0 Å². The number of hydrogen-bond donors (Lipinski definition) is 1. The highest BCUT2D eigenvalue weighted by Crippen LogP contribution is 2.12. The minimum atomic E-state index is -0.102. The summed E-state index contributed by atoms with van der Waals surface area (Å²) in [7, 11) is 0. The number of ether oxygens (including phenoxy) is 1. The van der Waals surface area contributed by atoms with Gasteiger partial charge in [0.05, 0.1) is 6.04 Å². The maximum absolute atomic E-state index is 5.89. The maximum Gasteiger partial charge on any atom is 0.226 e. The highest BCUT2D eigenvalue weighted by molar-refractivity contribution is 4.92. The van der Waals surface area contributed by atoms with Crippen molar-refractivity contribution in [2.75, 3.05) is 13.2 Å². The lowest BCUT2D eigenvalue weighted by molar-refractivity contribution is 0.143. The Kier molecular flexibility index (Phi) is 6.03.